The van der Waals surface area contributed by atoms with E-state index in [1.165, 1.54) is 6.20 Å². The Morgan fingerprint density at radius 3 is 2.84 bits per heavy atom. The lowest BCUT2D eigenvalue weighted by molar-refractivity contribution is -0.135. The van der Waals surface area contributed by atoms with Crippen LogP contribution in [0.5, 0.6) is 0 Å². The van der Waals surface area contributed by atoms with Gasteiger partial charge in [0, 0.05) is 31.1 Å². The van der Waals surface area contributed by atoms with Crippen molar-refractivity contribution in [3.05, 3.63) is 71.1 Å². The topological polar surface area (TPSA) is 118 Å². The second-order valence-corrected chi connectivity index (χ2v) is 10.6. The fourth-order valence-corrected chi connectivity index (χ4v) is 5.69. The van der Waals surface area contributed by atoms with Crippen molar-refractivity contribution in [1.82, 2.24) is 25.2 Å². The van der Waals surface area contributed by atoms with Gasteiger partial charge in [-0.1, -0.05) is 36.4 Å². The van der Waals surface area contributed by atoms with Crippen LogP contribution >= 0.6 is 0 Å². The van der Waals surface area contributed by atoms with Crippen molar-refractivity contribution in [3.63, 3.8) is 0 Å². The minimum atomic E-state index is -1.22. The van der Waals surface area contributed by atoms with E-state index in [1.54, 1.807) is 12.2 Å². The summed E-state index contributed by atoms with van der Waals surface area (Å²) in [5.74, 6) is 0.165. The summed E-state index contributed by atoms with van der Waals surface area (Å²) in [6, 6.07) is 10.2. The summed E-state index contributed by atoms with van der Waals surface area (Å²) in [6.07, 6.45) is 6.47. The molecule has 1 aromatic heterocycles. The normalized spacial score (nSPS) is 25.9. The van der Waals surface area contributed by atoms with Gasteiger partial charge in [-0.25, -0.2) is 0 Å². The van der Waals surface area contributed by atoms with E-state index < -0.39 is 11.7 Å². The lowest BCUT2D eigenvalue weighted by Gasteiger charge is -2.31. The molecular formula is C28H31N5O5. The molecule has 1 aromatic carbocycles. The molecule has 2 unspecified atom stereocenters. The number of rotatable bonds is 9. The molecule has 0 bridgehead atoms. The second kappa shape index (κ2) is 10.0. The van der Waals surface area contributed by atoms with Crippen LogP contribution in [0.2, 0.25) is 0 Å². The van der Waals surface area contributed by atoms with Gasteiger partial charge < -0.3 is 14.4 Å². The Morgan fingerprint density at radius 1 is 1.29 bits per heavy atom. The minimum absolute atomic E-state index is 0.00294. The first-order valence-electron chi connectivity index (χ1n) is 13.1. The third-order valence-electron chi connectivity index (χ3n) is 8.03. The van der Waals surface area contributed by atoms with Gasteiger partial charge in [0.25, 0.3) is 0 Å². The molecule has 10 heteroatoms. The van der Waals surface area contributed by atoms with Crippen molar-refractivity contribution >= 4 is 17.5 Å². The first kappa shape index (κ1) is 24.8. The summed E-state index contributed by atoms with van der Waals surface area (Å²) < 4.78 is 11.8. The van der Waals surface area contributed by atoms with E-state index in [1.807, 2.05) is 40.1 Å². The van der Waals surface area contributed by atoms with Gasteiger partial charge in [0.15, 0.2) is 17.2 Å². The highest BCUT2D eigenvalue weighted by Crippen LogP contribution is 2.43. The Balaban J connectivity index is 1.13. The fourth-order valence-electron chi connectivity index (χ4n) is 5.69. The highest BCUT2D eigenvalue weighted by molar-refractivity contribution is 6.13. The largest absolute Gasteiger partial charge is 0.360 e. The predicted octanol–water partition coefficient (Wildman–Crippen LogP) is 1.95. The number of nitrogens with zero attached hydrogens (tertiary/aromatic N) is 4. The van der Waals surface area contributed by atoms with Crippen LogP contribution in [0.1, 0.15) is 37.4 Å². The summed E-state index contributed by atoms with van der Waals surface area (Å²) in [7, 11) is 0. The van der Waals surface area contributed by atoms with E-state index >= 15 is 0 Å². The minimum Gasteiger partial charge on any atom is -0.360 e. The van der Waals surface area contributed by atoms with Gasteiger partial charge in [-0.15, -0.1) is 0 Å². The third kappa shape index (κ3) is 4.63. The summed E-state index contributed by atoms with van der Waals surface area (Å²) in [5.41, 5.74) is 1.49. The molecule has 2 heterocycles. The molecule has 2 aromatic rings. The number of Topliss-reactive ketones (excluding diaryl/α,β-unsaturated/α-hetero) is 2. The van der Waals surface area contributed by atoms with Gasteiger partial charge in [-0.05, 0) is 42.9 Å². The number of H-pyrrole nitrogens is 1. The number of ketones is 2. The van der Waals surface area contributed by atoms with Crippen LogP contribution in [-0.4, -0.2) is 80.3 Å². The Bertz CT molecular complexity index is 1290. The number of hydrogen-bond acceptors (Lipinski definition) is 8. The molecule has 1 aliphatic heterocycles. The Hall–Kier alpha value is -3.47. The number of hydrogen-bond donors (Lipinski definition) is 1. The Kier molecular flexibility index (Phi) is 6.55. The van der Waals surface area contributed by atoms with Crippen molar-refractivity contribution in [2.75, 3.05) is 19.8 Å². The summed E-state index contributed by atoms with van der Waals surface area (Å²) >= 11 is 0. The molecule has 198 valence electrons. The van der Waals surface area contributed by atoms with Crippen molar-refractivity contribution in [2.45, 2.75) is 57.1 Å². The molecule has 10 nitrogen and oxygen atoms in total. The molecule has 1 spiro atoms. The molecule has 4 aliphatic rings. The molecule has 1 saturated carbocycles. The SMILES string of the molecule is C[C@@H](C1CC1)N(Cc1ccccc1)C(=O)CN1COC2(C1)C(=O)CC1=C2C=CC(OCc2cn[nH]n2)C1=O. The smallest absolute Gasteiger partial charge is 0.237 e. The van der Waals surface area contributed by atoms with E-state index in [0.29, 0.717) is 29.3 Å². The van der Waals surface area contributed by atoms with E-state index in [9.17, 15) is 14.4 Å². The van der Waals surface area contributed by atoms with E-state index in [4.69, 9.17) is 9.47 Å². The molecule has 1 amide bonds. The van der Waals surface area contributed by atoms with E-state index in [-0.39, 0.29) is 56.4 Å². The van der Waals surface area contributed by atoms with Gasteiger partial charge in [0.1, 0.15) is 18.5 Å². The Morgan fingerprint density at radius 2 is 2.11 bits per heavy atom. The highest BCUT2D eigenvalue weighted by atomic mass is 16.5. The average molecular weight is 518 g/mol. The van der Waals surface area contributed by atoms with E-state index in [2.05, 4.69) is 22.3 Å². The molecule has 38 heavy (non-hydrogen) atoms. The lowest BCUT2D eigenvalue weighted by atomic mass is 9.89. The number of ether oxygens (including phenoxy) is 2. The standard InChI is InChI=1S/C28H31N5O5/c1-18(20-7-8-20)33(13-19-5-3-2-4-6-19)26(35)14-32-16-28(38-17-32)23-9-10-24(27(36)22(23)11-25(28)34)37-15-21-12-29-31-30-21/h2-6,9-10,12,18,20,24H,7-8,11,13-17H2,1H3,(H,29,30,31)/t18-,24?,28?/m0/s1. The van der Waals surface area contributed by atoms with Crippen LogP contribution in [0, 0.1) is 5.92 Å². The zero-order valence-corrected chi connectivity index (χ0v) is 21.3. The summed E-state index contributed by atoms with van der Waals surface area (Å²) in [4.78, 5) is 43.8. The van der Waals surface area contributed by atoms with Crippen molar-refractivity contribution in [2.24, 2.45) is 5.92 Å². The molecule has 6 rings (SSSR count). The molecule has 1 N–H and O–H groups in total. The van der Waals surface area contributed by atoms with E-state index in [0.717, 1.165) is 18.4 Å². The van der Waals surface area contributed by atoms with Crippen molar-refractivity contribution in [1.29, 1.82) is 0 Å². The molecule has 3 atom stereocenters. The second-order valence-electron chi connectivity index (χ2n) is 10.6. The van der Waals surface area contributed by atoms with Crippen LogP contribution in [0.15, 0.2) is 59.8 Å². The van der Waals surface area contributed by atoms with Gasteiger partial charge in [-0.3, -0.25) is 19.3 Å². The number of carbonyl (C=O) groups is 3. The number of benzene rings is 1. The summed E-state index contributed by atoms with van der Waals surface area (Å²) in [6.45, 7) is 3.36. The number of nitrogens with one attached hydrogen (secondary N) is 1. The van der Waals surface area contributed by atoms with Crippen molar-refractivity contribution in [3.8, 4) is 0 Å². The molecule has 3 aliphatic carbocycles. The van der Waals surface area contributed by atoms with Gasteiger partial charge in [0.05, 0.1) is 19.3 Å². The molecule has 2 fully saturated rings. The van der Waals surface area contributed by atoms with Crippen molar-refractivity contribution < 1.29 is 23.9 Å². The zero-order valence-electron chi connectivity index (χ0n) is 21.3. The molecule has 0 radical (unpaired) electrons. The average Bonchev–Trinajstić information content (AvgIpc) is 3.35. The summed E-state index contributed by atoms with van der Waals surface area (Å²) in [5, 5.41) is 10.2. The predicted molar refractivity (Wildman–Crippen MR) is 135 cm³/mol. The third-order valence-corrected chi connectivity index (χ3v) is 8.03. The number of fused-ring (bicyclic) bond motifs is 1. The Labute approximate surface area is 220 Å². The number of aromatic amines is 1. The maximum Gasteiger partial charge on any atom is 0.237 e. The molecular weight excluding hydrogens is 486 g/mol. The fraction of sp³-hybridized carbons (Fsp3) is 0.464. The zero-order chi connectivity index (χ0) is 26.3. The van der Waals surface area contributed by atoms with Crippen LogP contribution in [0.3, 0.4) is 0 Å². The maximum atomic E-state index is 13.5. The van der Waals surface area contributed by atoms with Gasteiger partial charge >= 0.3 is 0 Å². The monoisotopic (exact) mass is 517 g/mol. The number of amides is 1. The first-order chi connectivity index (χ1) is 18.4. The quantitative estimate of drug-likeness (QED) is 0.536. The van der Waals surface area contributed by atoms with Crippen LogP contribution in [-0.2, 0) is 37.0 Å². The first-order valence-corrected chi connectivity index (χ1v) is 13.1. The molecule has 1 saturated heterocycles. The van der Waals surface area contributed by atoms with Crippen LogP contribution in [0.25, 0.3) is 0 Å². The van der Waals surface area contributed by atoms with Crippen LogP contribution in [0.4, 0.5) is 0 Å². The van der Waals surface area contributed by atoms with Crippen LogP contribution < -0.4 is 0 Å². The number of aromatic nitrogens is 3. The maximum absolute atomic E-state index is 13.5. The lowest BCUT2D eigenvalue weighted by Crippen LogP contribution is -2.46. The van der Waals surface area contributed by atoms with Gasteiger partial charge in [-0.2, -0.15) is 15.4 Å². The van der Waals surface area contributed by atoms with Gasteiger partial charge in [0.2, 0.25) is 5.91 Å². The number of carbonyl (C=O) groups excluding carboxylic acids is 3. The highest BCUT2D eigenvalue weighted by Gasteiger charge is 2.55.